The first kappa shape index (κ1) is 22.3. The van der Waals surface area contributed by atoms with E-state index in [1.807, 2.05) is 36.9 Å². The maximum atomic E-state index is 13.6. The number of halogens is 1. The van der Waals surface area contributed by atoms with E-state index < -0.39 is 5.82 Å². The van der Waals surface area contributed by atoms with E-state index in [9.17, 15) is 14.0 Å². The Kier molecular flexibility index (Phi) is 6.49. The molecule has 5 nitrogen and oxygen atoms in total. The van der Waals surface area contributed by atoms with Crippen LogP contribution in [-0.2, 0) is 4.79 Å². The van der Waals surface area contributed by atoms with Crippen LogP contribution in [0.5, 0.6) is 5.75 Å². The zero-order valence-electron chi connectivity index (χ0n) is 18.9. The van der Waals surface area contributed by atoms with Crippen LogP contribution in [0.25, 0.3) is 0 Å². The van der Waals surface area contributed by atoms with Gasteiger partial charge in [-0.3, -0.25) is 9.59 Å². The molecule has 0 N–H and O–H groups in total. The summed E-state index contributed by atoms with van der Waals surface area (Å²) in [7, 11) is 0. The third-order valence-electron chi connectivity index (χ3n) is 6.87. The van der Waals surface area contributed by atoms with Crippen LogP contribution in [0.3, 0.4) is 0 Å². The van der Waals surface area contributed by atoms with Crippen molar-refractivity contribution in [2.75, 3.05) is 26.2 Å². The number of rotatable bonds is 5. The predicted octanol–water partition coefficient (Wildman–Crippen LogP) is 4.63. The van der Waals surface area contributed by atoms with Crippen molar-refractivity contribution in [1.29, 1.82) is 0 Å². The van der Waals surface area contributed by atoms with Crippen molar-refractivity contribution in [3.05, 3.63) is 65.5 Å². The highest BCUT2D eigenvalue weighted by Gasteiger charge is 2.44. The summed E-state index contributed by atoms with van der Waals surface area (Å²) in [5, 5.41) is 0. The third kappa shape index (κ3) is 4.50. The fourth-order valence-corrected chi connectivity index (χ4v) is 5.07. The van der Waals surface area contributed by atoms with Crippen molar-refractivity contribution >= 4 is 11.8 Å². The lowest BCUT2D eigenvalue weighted by molar-refractivity contribution is -0.131. The van der Waals surface area contributed by atoms with Gasteiger partial charge in [-0.05, 0) is 50.1 Å². The average Bonchev–Trinajstić information content (AvgIpc) is 2.80. The van der Waals surface area contributed by atoms with E-state index in [2.05, 4.69) is 6.07 Å². The molecular weight excluding hydrogens is 407 g/mol. The molecule has 2 amide bonds. The molecule has 0 radical (unpaired) electrons. The van der Waals surface area contributed by atoms with Gasteiger partial charge < -0.3 is 14.5 Å². The number of ether oxygens (including phenoxy) is 1. The number of amides is 2. The normalized spacial score (nSPS) is 19.2. The molecule has 0 aromatic heterocycles. The molecule has 0 saturated carbocycles. The SMILES string of the molecule is CCN(CC)C(=O)C[C@H]1CC2(CCN(C(=O)c3cccc(F)c3)CC2)Oc2ccccc21. The van der Waals surface area contributed by atoms with Gasteiger partial charge in [0.15, 0.2) is 0 Å². The Balaban J connectivity index is 1.49. The van der Waals surface area contributed by atoms with E-state index in [0.717, 1.165) is 17.7 Å². The summed E-state index contributed by atoms with van der Waals surface area (Å²) in [4.78, 5) is 29.4. The Morgan fingerprint density at radius 3 is 2.50 bits per heavy atom. The molecule has 1 atom stereocenters. The molecule has 1 fully saturated rings. The fourth-order valence-electron chi connectivity index (χ4n) is 5.07. The number of hydrogen-bond acceptors (Lipinski definition) is 3. The number of nitrogens with zero attached hydrogens (tertiary/aromatic N) is 2. The van der Waals surface area contributed by atoms with E-state index in [1.165, 1.54) is 12.1 Å². The molecular formula is C26H31FN2O3. The fraction of sp³-hybridized carbons (Fsp3) is 0.462. The standard InChI is InChI=1S/C26H31FN2O3/c1-3-28(4-2)24(30)17-20-18-26(32-23-11-6-5-10-22(20)23)12-14-29(15-13-26)25(31)19-8-7-9-21(27)16-19/h5-11,16,20H,3-4,12-15,17-18H2,1-2H3/t20-/m0/s1. The second kappa shape index (κ2) is 9.31. The second-order valence-electron chi connectivity index (χ2n) is 8.80. The van der Waals surface area contributed by atoms with Gasteiger partial charge in [0.2, 0.25) is 5.91 Å². The molecule has 2 aromatic carbocycles. The van der Waals surface area contributed by atoms with Crippen LogP contribution in [-0.4, -0.2) is 53.4 Å². The maximum absolute atomic E-state index is 13.6. The van der Waals surface area contributed by atoms with Gasteiger partial charge in [-0.2, -0.15) is 0 Å². The Morgan fingerprint density at radius 2 is 1.81 bits per heavy atom. The molecule has 2 aliphatic heterocycles. The Bertz CT molecular complexity index is 981. The van der Waals surface area contributed by atoms with Gasteiger partial charge in [0.05, 0.1) is 0 Å². The van der Waals surface area contributed by atoms with E-state index in [0.29, 0.717) is 51.0 Å². The summed E-state index contributed by atoms with van der Waals surface area (Å²) in [6.45, 7) is 6.53. The summed E-state index contributed by atoms with van der Waals surface area (Å²) in [5.74, 6) is 0.561. The minimum absolute atomic E-state index is 0.0959. The Labute approximate surface area is 189 Å². The zero-order chi connectivity index (χ0) is 22.7. The van der Waals surface area contributed by atoms with Crippen LogP contribution in [0.1, 0.15) is 61.4 Å². The van der Waals surface area contributed by atoms with Gasteiger partial charge in [0, 0.05) is 56.9 Å². The van der Waals surface area contributed by atoms with Crippen LogP contribution in [0.4, 0.5) is 4.39 Å². The number of piperidine rings is 1. The molecule has 2 heterocycles. The lowest BCUT2D eigenvalue weighted by Crippen LogP contribution is -2.52. The molecule has 170 valence electrons. The molecule has 0 unspecified atom stereocenters. The molecule has 0 bridgehead atoms. The van der Waals surface area contributed by atoms with Crippen LogP contribution in [0.2, 0.25) is 0 Å². The van der Waals surface area contributed by atoms with Crippen LogP contribution in [0, 0.1) is 5.82 Å². The third-order valence-corrected chi connectivity index (χ3v) is 6.87. The van der Waals surface area contributed by atoms with Gasteiger partial charge in [0.25, 0.3) is 5.91 Å². The first-order valence-electron chi connectivity index (χ1n) is 11.5. The highest BCUT2D eigenvalue weighted by molar-refractivity contribution is 5.94. The first-order valence-corrected chi connectivity index (χ1v) is 11.5. The second-order valence-corrected chi connectivity index (χ2v) is 8.80. The first-order chi connectivity index (χ1) is 15.4. The highest BCUT2D eigenvalue weighted by Crippen LogP contribution is 2.46. The van der Waals surface area contributed by atoms with Crippen LogP contribution < -0.4 is 4.74 Å². The molecule has 1 saturated heterocycles. The van der Waals surface area contributed by atoms with E-state index in [4.69, 9.17) is 4.74 Å². The van der Waals surface area contributed by atoms with Crippen molar-refractivity contribution < 1.29 is 18.7 Å². The molecule has 0 aliphatic carbocycles. The zero-order valence-corrected chi connectivity index (χ0v) is 18.9. The molecule has 4 rings (SSSR count). The number of carbonyl (C=O) groups excluding carboxylic acids is 2. The predicted molar refractivity (Wildman–Crippen MR) is 121 cm³/mol. The quantitative estimate of drug-likeness (QED) is 0.684. The minimum Gasteiger partial charge on any atom is -0.487 e. The Hall–Kier alpha value is -2.89. The van der Waals surface area contributed by atoms with E-state index in [-0.39, 0.29) is 23.3 Å². The summed E-state index contributed by atoms with van der Waals surface area (Å²) >= 11 is 0. The summed E-state index contributed by atoms with van der Waals surface area (Å²) in [6, 6.07) is 13.8. The molecule has 6 heteroatoms. The van der Waals surface area contributed by atoms with Crippen LogP contribution in [0.15, 0.2) is 48.5 Å². The largest absolute Gasteiger partial charge is 0.487 e. The lowest BCUT2D eigenvalue weighted by Gasteiger charge is -2.47. The minimum atomic E-state index is -0.405. The topological polar surface area (TPSA) is 49.9 Å². The van der Waals surface area contributed by atoms with Gasteiger partial charge in [-0.25, -0.2) is 4.39 Å². The maximum Gasteiger partial charge on any atom is 0.253 e. The number of para-hydroxylation sites is 1. The van der Waals surface area contributed by atoms with Gasteiger partial charge in [-0.15, -0.1) is 0 Å². The molecule has 2 aromatic rings. The number of benzene rings is 2. The summed E-state index contributed by atoms with van der Waals surface area (Å²) in [6.07, 6.45) is 2.62. The van der Waals surface area contributed by atoms with Gasteiger partial charge in [-0.1, -0.05) is 24.3 Å². The summed E-state index contributed by atoms with van der Waals surface area (Å²) in [5.41, 5.74) is 1.08. The van der Waals surface area contributed by atoms with Gasteiger partial charge >= 0.3 is 0 Å². The van der Waals surface area contributed by atoms with Crippen molar-refractivity contribution in [2.24, 2.45) is 0 Å². The van der Waals surface area contributed by atoms with Crippen LogP contribution >= 0.6 is 0 Å². The Morgan fingerprint density at radius 1 is 1.09 bits per heavy atom. The molecule has 1 spiro atoms. The lowest BCUT2D eigenvalue weighted by atomic mass is 9.76. The number of carbonyl (C=O) groups is 2. The molecule has 32 heavy (non-hydrogen) atoms. The smallest absolute Gasteiger partial charge is 0.253 e. The van der Waals surface area contributed by atoms with Crippen molar-refractivity contribution in [1.82, 2.24) is 9.80 Å². The highest BCUT2D eigenvalue weighted by atomic mass is 19.1. The van der Waals surface area contributed by atoms with E-state index >= 15 is 0 Å². The number of hydrogen-bond donors (Lipinski definition) is 0. The molecule has 2 aliphatic rings. The number of likely N-dealkylation sites (tertiary alicyclic amines) is 1. The number of fused-ring (bicyclic) bond motifs is 1. The van der Waals surface area contributed by atoms with Crippen molar-refractivity contribution in [3.63, 3.8) is 0 Å². The average molecular weight is 439 g/mol. The summed E-state index contributed by atoms with van der Waals surface area (Å²) < 4.78 is 20.1. The van der Waals surface area contributed by atoms with Crippen molar-refractivity contribution in [2.45, 2.75) is 51.0 Å². The van der Waals surface area contributed by atoms with Gasteiger partial charge in [0.1, 0.15) is 17.2 Å². The monoisotopic (exact) mass is 438 g/mol. The van der Waals surface area contributed by atoms with E-state index in [1.54, 1.807) is 17.0 Å². The van der Waals surface area contributed by atoms with Crippen molar-refractivity contribution in [3.8, 4) is 5.75 Å².